The van der Waals surface area contributed by atoms with Crippen LogP contribution in [0.2, 0.25) is 5.02 Å². The zero-order valence-corrected chi connectivity index (χ0v) is 15.2. The van der Waals surface area contributed by atoms with Gasteiger partial charge in [0.05, 0.1) is 0 Å². The van der Waals surface area contributed by atoms with Crippen LogP contribution in [0.4, 0.5) is 4.79 Å². The molecular weight excluding hydrogens is 370 g/mol. The first kappa shape index (κ1) is 17.6. The molecule has 0 radical (unpaired) electrons. The van der Waals surface area contributed by atoms with Crippen LogP contribution in [0.5, 0.6) is 5.75 Å². The molecule has 2 heterocycles. The van der Waals surface area contributed by atoms with Crippen LogP contribution < -0.4 is 15.4 Å². The lowest BCUT2D eigenvalue weighted by atomic mass is 9.88. The van der Waals surface area contributed by atoms with Gasteiger partial charge in [0, 0.05) is 28.9 Å². The van der Waals surface area contributed by atoms with Crippen molar-refractivity contribution < 1.29 is 19.1 Å². The van der Waals surface area contributed by atoms with Crippen LogP contribution in [0.25, 0.3) is 10.8 Å². The average Bonchev–Trinajstić information content (AvgIpc) is 2.94. The number of nitrogens with one attached hydrogen (secondary N) is 2. The van der Waals surface area contributed by atoms with Crippen molar-refractivity contribution in [2.75, 3.05) is 19.7 Å². The second kappa shape index (κ2) is 6.74. The summed E-state index contributed by atoms with van der Waals surface area (Å²) in [6.45, 7) is 0.672. The highest BCUT2D eigenvalue weighted by molar-refractivity contribution is 6.35. The molecule has 0 aliphatic carbocycles. The van der Waals surface area contributed by atoms with Crippen molar-refractivity contribution in [3.8, 4) is 5.75 Å². The maximum atomic E-state index is 12.5. The summed E-state index contributed by atoms with van der Waals surface area (Å²) in [6, 6.07) is 10.6. The molecule has 2 fully saturated rings. The van der Waals surface area contributed by atoms with E-state index in [1.807, 2.05) is 24.3 Å². The fraction of sp³-hybridized carbons (Fsp3) is 0.316. The molecule has 4 rings (SSSR count). The Morgan fingerprint density at radius 2 is 1.81 bits per heavy atom. The van der Waals surface area contributed by atoms with Gasteiger partial charge in [-0.05, 0) is 25.0 Å². The normalized spacial score (nSPS) is 18.5. The van der Waals surface area contributed by atoms with Gasteiger partial charge in [-0.2, -0.15) is 0 Å². The van der Waals surface area contributed by atoms with E-state index in [2.05, 4.69) is 10.6 Å². The third kappa shape index (κ3) is 3.19. The molecule has 2 aliphatic heterocycles. The highest BCUT2D eigenvalue weighted by Gasteiger charge is 2.48. The number of rotatable bonds is 3. The number of amides is 4. The minimum absolute atomic E-state index is 0.100. The van der Waals surface area contributed by atoms with E-state index in [9.17, 15) is 14.4 Å². The Balaban J connectivity index is 1.39. The number of piperidine rings is 1. The van der Waals surface area contributed by atoms with Crippen molar-refractivity contribution in [2.24, 2.45) is 0 Å². The summed E-state index contributed by atoms with van der Waals surface area (Å²) in [7, 11) is 0. The van der Waals surface area contributed by atoms with Gasteiger partial charge in [-0.25, -0.2) is 4.79 Å². The second-order valence-electron chi connectivity index (χ2n) is 6.75. The third-order valence-electron chi connectivity index (χ3n) is 5.17. The van der Waals surface area contributed by atoms with E-state index in [1.54, 1.807) is 17.0 Å². The van der Waals surface area contributed by atoms with E-state index in [1.165, 1.54) is 0 Å². The molecule has 0 atom stereocenters. The van der Waals surface area contributed by atoms with Crippen LogP contribution in [0.1, 0.15) is 12.8 Å². The number of halogens is 1. The zero-order chi connectivity index (χ0) is 19.0. The monoisotopic (exact) mass is 387 g/mol. The molecule has 2 aliphatic rings. The fourth-order valence-electron chi connectivity index (χ4n) is 3.61. The predicted molar refractivity (Wildman–Crippen MR) is 99.7 cm³/mol. The molecular formula is C19H18ClN3O4. The van der Waals surface area contributed by atoms with Gasteiger partial charge in [-0.1, -0.05) is 35.9 Å². The van der Waals surface area contributed by atoms with Crippen molar-refractivity contribution in [3.05, 3.63) is 41.4 Å². The first-order valence-electron chi connectivity index (χ1n) is 8.70. The Labute approximate surface area is 160 Å². The van der Waals surface area contributed by atoms with Crippen LogP contribution >= 0.6 is 11.6 Å². The number of imide groups is 1. The minimum Gasteiger partial charge on any atom is -0.483 e. The predicted octanol–water partition coefficient (Wildman–Crippen LogP) is 2.07. The molecule has 0 aromatic heterocycles. The van der Waals surface area contributed by atoms with Crippen molar-refractivity contribution in [1.29, 1.82) is 0 Å². The molecule has 8 heteroatoms. The zero-order valence-electron chi connectivity index (χ0n) is 14.5. The standard InChI is InChI=1S/C19H18ClN3O4/c20-14-5-6-15(13-4-2-1-3-12(13)14)27-11-16(24)23-9-7-19(8-10-23)17(25)21-18(26)22-19/h1-6H,7-11H2,(H2,21,22,25,26). The van der Waals surface area contributed by atoms with Crippen LogP contribution in [0.15, 0.2) is 36.4 Å². The molecule has 2 aromatic carbocycles. The van der Waals surface area contributed by atoms with E-state index in [0.29, 0.717) is 36.7 Å². The summed E-state index contributed by atoms with van der Waals surface area (Å²) in [6.07, 6.45) is 0.778. The van der Waals surface area contributed by atoms with Gasteiger partial charge in [0.25, 0.3) is 11.8 Å². The molecule has 27 heavy (non-hydrogen) atoms. The van der Waals surface area contributed by atoms with Crippen LogP contribution in [0.3, 0.4) is 0 Å². The van der Waals surface area contributed by atoms with E-state index < -0.39 is 11.6 Å². The maximum absolute atomic E-state index is 12.5. The quantitative estimate of drug-likeness (QED) is 0.789. The lowest BCUT2D eigenvalue weighted by molar-refractivity contribution is -0.137. The summed E-state index contributed by atoms with van der Waals surface area (Å²) >= 11 is 6.20. The number of benzene rings is 2. The second-order valence-corrected chi connectivity index (χ2v) is 7.16. The molecule has 0 bridgehead atoms. The fourth-order valence-corrected chi connectivity index (χ4v) is 3.84. The Hall–Kier alpha value is -2.80. The average molecular weight is 388 g/mol. The largest absolute Gasteiger partial charge is 0.483 e. The van der Waals surface area contributed by atoms with Gasteiger partial charge in [0.1, 0.15) is 11.3 Å². The van der Waals surface area contributed by atoms with Crippen LogP contribution in [-0.2, 0) is 9.59 Å². The van der Waals surface area contributed by atoms with Gasteiger partial charge in [0.2, 0.25) is 0 Å². The third-order valence-corrected chi connectivity index (χ3v) is 5.50. The van der Waals surface area contributed by atoms with Crippen LogP contribution in [0, 0.1) is 0 Å². The van der Waals surface area contributed by atoms with Gasteiger partial charge in [-0.3, -0.25) is 14.9 Å². The molecule has 2 aromatic rings. The highest BCUT2D eigenvalue weighted by Crippen LogP contribution is 2.31. The van der Waals surface area contributed by atoms with Crippen molar-refractivity contribution >= 4 is 40.2 Å². The number of hydrogen-bond acceptors (Lipinski definition) is 4. The highest BCUT2D eigenvalue weighted by atomic mass is 35.5. The molecule has 0 unspecified atom stereocenters. The van der Waals surface area contributed by atoms with Crippen LogP contribution in [-0.4, -0.2) is 48.0 Å². The number of fused-ring (bicyclic) bond motifs is 1. The summed E-state index contributed by atoms with van der Waals surface area (Å²) in [5.41, 5.74) is -0.888. The molecule has 7 nitrogen and oxygen atoms in total. The van der Waals surface area contributed by atoms with Crippen molar-refractivity contribution in [1.82, 2.24) is 15.5 Å². The van der Waals surface area contributed by atoms with E-state index in [-0.39, 0.29) is 18.4 Å². The topological polar surface area (TPSA) is 87.7 Å². The molecule has 140 valence electrons. The Morgan fingerprint density at radius 1 is 1.11 bits per heavy atom. The van der Waals surface area contributed by atoms with E-state index in [4.69, 9.17) is 16.3 Å². The number of hydrogen-bond donors (Lipinski definition) is 2. The van der Waals surface area contributed by atoms with Gasteiger partial charge >= 0.3 is 6.03 Å². The van der Waals surface area contributed by atoms with Crippen molar-refractivity contribution in [2.45, 2.75) is 18.4 Å². The lowest BCUT2D eigenvalue weighted by Crippen LogP contribution is -2.56. The summed E-state index contributed by atoms with van der Waals surface area (Å²) < 4.78 is 5.75. The van der Waals surface area contributed by atoms with E-state index >= 15 is 0 Å². The smallest absolute Gasteiger partial charge is 0.322 e. The molecule has 2 N–H and O–H groups in total. The SMILES string of the molecule is O=C1NC(=O)C2(CCN(C(=O)COc3ccc(Cl)c4ccccc34)CC2)N1. The molecule has 1 spiro atoms. The van der Waals surface area contributed by atoms with Gasteiger partial charge < -0.3 is 15.0 Å². The Kier molecular flexibility index (Phi) is 4.39. The number of carbonyl (C=O) groups is 3. The molecule has 2 saturated heterocycles. The van der Waals surface area contributed by atoms with Gasteiger partial charge in [0.15, 0.2) is 6.61 Å². The summed E-state index contributed by atoms with van der Waals surface area (Å²) in [4.78, 5) is 37.5. The number of urea groups is 1. The first-order valence-corrected chi connectivity index (χ1v) is 9.08. The Bertz CT molecular complexity index is 938. The maximum Gasteiger partial charge on any atom is 0.322 e. The summed E-state index contributed by atoms with van der Waals surface area (Å²) in [5.74, 6) is 0.122. The van der Waals surface area contributed by atoms with E-state index in [0.717, 1.165) is 10.8 Å². The van der Waals surface area contributed by atoms with Crippen molar-refractivity contribution in [3.63, 3.8) is 0 Å². The summed E-state index contributed by atoms with van der Waals surface area (Å²) in [5, 5.41) is 7.28. The molecule has 0 saturated carbocycles. The number of carbonyl (C=O) groups excluding carboxylic acids is 3. The number of ether oxygens (including phenoxy) is 1. The molecule has 4 amide bonds. The van der Waals surface area contributed by atoms with Gasteiger partial charge in [-0.15, -0.1) is 0 Å². The number of nitrogens with zero attached hydrogens (tertiary/aromatic N) is 1. The lowest BCUT2D eigenvalue weighted by Gasteiger charge is -2.36. The number of likely N-dealkylation sites (tertiary alicyclic amines) is 1. The first-order chi connectivity index (χ1) is 13.0. The Morgan fingerprint density at radius 3 is 2.48 bits per heavy atom. The minimum atomic E-state index is -0.888.